The minimum atomic E-state index is -4.71. The van der Waals surface area contributed by atoms with Gasteiger partial charge in [-0.1, -0.05) is 6.07 Å². The van der Waals surface area contributed by atoms with Gasteiger partial charge in [-0.3, -0.25) is 0 Å². The van der Waals surface area contributed by atoms with Crippen molar-refractivity contribution in [2.75, 3.05) is 11.9 Å². The van der Waals surface area contributed by atoms with E-state index in [-0.39, 0.29) is 11.4 Å². The lowest BCUT2D eigenvalue weighted by atomic mass is 10.1. The van der Waals surface area contributed by atoms with Gasteiger partial charge in [0.2, 0.25) is 0 Å². The van der Waals surface area contributed by atoms with E-state index in [4.69, 9.17) is 10.2 Å². The number of anilines is 1. The predicted molar refractivity (Wildman–Crippen MR) is 69.3 cm³/mol. The Hall–Kier alpha value is -2.35. The molecule has 0 aliphatic heterocycles. The van der Waals surface area contributed by atoms with E-state index < -0.39 is 24.8 Å². The lowest BCUT2D eigenvalue weighted by molar-refractivity contribution is -0.198. The van der Waals surface area contributed by atoms with E-state index >= 15 is 0 Å². The summed E-state index contributed by atoms with van der Waals surface area (Å²) in [6, 6.07) is 7.26. The number of benzene rings is 1. The number of nitrogens with zero attached hydrogens (tertiary/aromatic N) is 1. The van der Waals surface area contributed by atoms with Crippen molar-refractivity contribution < 1.29 is 28.2 Å². The third-order valence-electron chi connectivity index (χ3n) is 2.82. The molecule has 8 heteroatoms. The number of aromatic carboxylic acids is 1. The Balaban J connectivity index is 2.22. The number of nitrogens with one attached hydrogen (secondary N) is 1. The Morgan fingerprint density at radius 2 is 2.00 bits per heavy atom. The number of carbonyl (C=O) groups is 1. The van der Waals surface area contributed by atoms with E-state index in [1.165, 1.54) is 24.3 Å². The van der Waals surface area contributed by atoms with E-state index in [0.29, 0.717) is 10.9 Å². The highest BCUT2D eigenvalue weighted by Gasteiger charge is 2.37. The molecular formula is C13H11F3N2O3. The second-order valence-electron chi connectivity index (χ2n) is 4.31. The first-order chi connectivity index (χ1) is 9.79. The molecule has 1 unspecified atom stereocenters. The minimum absolute atomic E-state index is 0.0573. The molecule has 0 bridgehead atoms. The molecule has 1 atom stereocenters. The standard InChI is InChI=1S/C13H11F3N2O3/c14-13(15,16)10(19)6-17-11-5-4-7-8(12(20)21)2-1-3-9(7)18-11/h1-5,10,19H,6H2,(H,17,18)(H,20,21). The van der Waals surface area contributed by atoms with E-state index in [2.05, 4.69) is 10.3 Å². The number of fused-ring (bicyclic) bond motifs is 1. The summed E-state index contributed by atoms with van der Waals surface area (Å²) < 4.78 is 36.5. The minimum Gasteiger partial charge on any atom is -0.478 e. The molecule has 5 nitrogen and oxygen atoms in total. The fraction of sp³-hybridized carbons (Fsp3) is 0.231. The van der Waals surface area contributed by atoms with Gasteiger partial charge in [-0.15, -0.1) is 0 Å². The van der Waals surface area contributed by atoms with Crippen LogP contribution in [0.25, 0.3) is 10.9 Å². The Morgan fingerprint density at radius 3 is 2.62 bits per heavy atom. The summed E-state index contributed by atoms with van der Waals surface area (Å²) in [6.45, 7) is -0.735. The molecule has 3 N–H and O–H groups in total. The van der Waals surface area contributed by atoms with Crippen molar-refractivity contribution in [3.63, 3.8) is 0 Å². The fourth-order valence-corrected chi connectivity index (χ4v) is 1.76. The van der Waals surface area contributed by atoms with E-state index in [1.54, 1.807) is 6.07 Å². The number of alkyl halides is 3. The van der Waals surface area contributed by atoms with Crippen molar-refractivity contribution in [3.05, 3.63) is 35.9 Å². The quantitative estimate of drug-likeness (QED) is 0.807. The second-order valence-corrected chi connectivity index (χ2v) is 4.31. The van der Waals surface area contributed by atoms with Crippen LogP contribution in [0.5, 0.6) is 0 Å². The molecule has 0 amide bonds. The van der Waals surface area contributed by atoms with Gasteiger partial charge in [0.1, 0.15) is 5.82 Å². The topological polar surface area (TPSA) is 82.5 Å². The van der Waals surface area contributed by atoms with Crippen LogP contribution in [0.4, 0.5) is 19.0 Å². The molecule has 1 aromatic carbocycles. The first-order valence-corrected chi connectivity index (χ1v) is 5.91. The van der Waals surface area contributed by atoms with Gasteiger partial charge in [-0.05, 0) is 24.3 Å². The molecule has 0 aliphatic carbocycles. The van der Waals surface area contributed by atoms with Crippen LogP contribution in [-0.2, 0) is 0 Å². The van der Waals surface area contributed by atoms with E-state index in [0.717, 1.165) is 0 Å². The van der Waals surface area contributed by atoms with Crippen molar-refractivity contribution in [1.82, 2.24) is 4.98 Å². The summed E-state index contributed by atoms with van der Waals surface area (Å²) in [5, 5.41) is 20.6. The monoisotopic (exact) mass is 300 g/mol. The number of halogens is 3. The molecule has 0 aliphatic rings. The Kier molecular flexibility index (Phi) is 3.99. The zero-order valence-electron chi connectivity index (χ0n) is 10.6. The van der Waals surface area contributed by atoms with Crippen LogP contribution in [0.15, 0.2) is 30.3 Å². The Morgan fingerprint density at radius 1 is 1.29 bits per heavy atom. The maximum Gasteiger partial charge on any atom is 0.416 e. The normalized spacial score (nSPS) is 13.1. The maximum atomic E-state index is 12.2. The molecule has 0 saturated carbocycles. The Bertz CT molecular complexity index is 673. The molecular weight excluding hydrogens is 289 g/mol. The smallest absolute Gasteiger partial charge is 0.416 e. The number of aromatic nitrogens is 1. The zero-order chi connectivity index (χ0) is 15.6. The highest BCUT2D eigenvalue weighted by molar-refractivity contribution is 6.02. The SMILES string of the molecule is O=C(O)c1cccc2nc(NCC(O)C(F)(F)F)ccc12. The fourth-order valence-electron chi connectivity index (χ4n) is 1.76. The van der Waals surface area contributed by atoms with Crippen LogP contribution in [-0.4, -0.2) is 40.0 Å². The Labute approximate surface area is 117 Å². The van der Waals surface area contributed by atoms with Crippen LogP contribution >= 0.6 is 0 Å². The number of hydrogen-bond acceptors (Lipinski definition) is 4. The summed E-state index contributed by atoms with van der Waals surface area (Å²) in [4.78, 5) is 15.0. The zero-order valence-corrected chi connectivity index (χ0v) is 10.6. The number of rotatable bonds is 4. The van der Waals surface area contributed by atoms with Crippen LogP contribution < -0.4 is 5.32 Å². The predicted octanol–water partition coefficient (Wildman–Crippen LogP) is 2.27. The van der Waals surface area contributed by atoms with Crippen molar-refractivity contribution in [1.29, 1.82) is 0 Å². The number of aliphatic hydroxyl groups is 1. The number of hydrogen-bond donors (Lipinski definition) is 3. The molecule has 2 aromatic rings. The van der Waals surface area contributed by atoms with Crippen molar-refractivity contribution >= 4 is 22.7 Å². The molecule has 1 aromatic heterocycles. The lowest BCUT2D eigenvalue weighted by Crippen LogP contribution is -2.35. The van der Waals surface area contributed by atoms with Crippen LogP contribution in [0, 0.1) is 0 Å². The van der Waals surface area contributed by atoms with E-state index in [1.807, 2.05) is 0 Å². The molecule has 0 fully saturated rings. The van der Waals surface area contributed by atoms with E-state index in [9.17, 15) is 18.0 Å². The number of pyridine rings is 1. The van der Waals surface area contributed by atoms with Crippen LogP contribution in [0.1, 0.15) is 10.4 Å². The van der Waals surface area contributed by atoms with Gasteiger partial charge in [0.05, 0.1) is 17.6 Å². The molecule has 112 valence electrons. The third-order valence-corrected chi connectivity index (χ3v) is 2.82. The van der Waals surface area contributed by atoms with Crippen molar-refractivity contribution in [2.45, 2.75) is 12.3 Å². The largest absolute Gasteiger partial charge is 0.478 e. The first kappa shape index (κ1) is 15.0. The summed E-state index contributed by atoms with van der Waals surface area (Å²) in [7, 11) is 0. The first-order valence-electron chi connectivity index (χ1n) is 5.91. The highest BCUT2D eigenvalue weighted by atomic mass is 19.4. The van der Waals surface area contributed by atoms with Gasteiger partial charge < -0.3 is 15.5 Å². The van der Waals surface area contributed by atoms with Gasteiger partial charge in [0, 0.05) is 5.39 Å². The summed E-state index contributed by atoms with van der Waals surface area (Å²) in [5.74, 6) is -0.996. The number of carboxylic acids is 1. The molecule has 0 saturated heterocycles. The second kappa shape index (κ2) is 5.57. The lowest BCUT2D eigenvalue weighted by Gasteiger charge is -2.15. The van der Waals surface area contributed by atoms with Crippen molar-refractivity contribution in [3.8, 4) is 0 Å². The maximum absolute atomic E-state index is 12.2. The number of aliphatic hydroxyl groups excluding tert-OH is 1. The molecule has 21 heavy (non-hydrogen) atoms. The highest BCUT2D eigenvalue weighted by Crippen LogP contribution is 2.22. The molecule has 1 heterocycles. The number of carboxylic acid groups (broad SMARTS) is 1. The average molecular weight is 300 g/mol. The molecule has 2 rings (SSSR count). The van der Waals surface area contributed by atoms with Crippen molar-refractivity contribution in [2.24, 2.45) is 0 Å². The van der Waals surface area contributed by atoms with Crippen LogP contribution in [0.2, 0.25) is 0 Å². The summed E-state index contributed by atoms with van der Waals surface area (Å²) in [6.07, 6.45) is -7.21. The van der Waals surface area contributed by atoms with Crippen LogP contribution in [0.3, 0.4) is 0 Å². The summed E-state index contributed by atoms with van der Waals surface area (Å²) >= 11 is 0. The van der Waals surface area contributed by atoms with Gasteiger partial charge in [0.15, 0.2) is 6.10 Å². The average Bonchev–Trinajstić information content (AvgIpc) is 2.42. The van der Waals surface area contributed by atoms with Gasteiger partial charge in [-0.2, -0.15) is 13.2 Å². The molecule has 0 spiro atoms. The van der Waals surface area contributed by atoms with Gasteiger partial charge in [-0.25, -0.2) is 9.78 Å². The van der Waals surface area contributed by atoms with Gasteiger partial charge in [0.25, 0.3) is 0 Å². The van der Waals surface area contributed by atoms with Gasteiger partial charge >= 0.3 is 12.1 Å². The molecule has 0 radical (unpaired) electrons. The summed E-state index contributed by atoms with van der Waals surface area (Å²) in [5.41, 5.74) is 0.392. The third kappa shape index (κ3) is 3.40.